The van der Waals surface area contributed by atoms with Crippen molar-refractivity contribution in [3.63, 3.8) is 0 Å². The first-order valence-electron chi connectivity index (χ1n) is 8.72. The number of aryl methyl sites for hydroxylation is 1. The van der Waals surface area contributed by atoms with Gasteiger partial charge in [0.25, 0.3) is 0 Å². The first-order chi connectivity index (χ1) is 11.3. The van der Waals surface area contributed by atoms with E-state index < -0.39 is 0 Å². The number of halogens is 1. The molecule has 2 nitrogen and oxygen atoms in total. The maximum atomic E-state index is 14.0. The van der Waals surface area contributed by atoms with Crippen molar-refractivity contribution in [3.05, 3.63) is 58.2 Å². The van der Waals surface area contributed by atoms with Crippen molar-refractivity contribution in [1.29, 1.82) is 0 Å². The second-order valence-electron chi connectivity index (χ2n) is 6.77. The minimum absolute atomic E-state index is 0.0397. The summed E-state index contributed by atoms with van der Waals surface area (Å²) in [6.45, 7) is 3.90. The molecular weight excluding hydrogens is 287 g/mol. The number of fused-ring (bicyclic) bond motifs is 1. The van der Waals surface area contributed by atoms with Crippen molar-refractivity contribution >= 4 is 6.21 Å². The van der Waals surface area contributed by atoms with E-state index in [0.29, 0.717) is 0 Å². The molecule has 1 saturated carbocycles. The van der Waals surface area contributed by atoms with Gasteiger partial charge < -0.3 is 4.90 Å². The summed E-state index contributed by atoms with van der Waals surface area (Å²) in [6, 6.07) is 3.84. The molecule has 120 valence electrons. The van der Waals surface area contributed by atoms with Crippen molar-refractivity contribution in [1.82, 2.24) is 4.90 Å². The molecular formula is C20H23FN2. The Bertz CT molecular complexity index is 711. The van der Waals surface area contributed by atoms with Gasteiger partial charge in [0.15, 0.2) is 0 Å². The van der Waals surface area contributed by atoms with Crippen LogP contribution in [0.1, 0.15) is 42.9 Å². The molecule has 1 aromatic rings. The molecule has 0 N–H and O–H groups in total. The van der Waals surface area contributed by atoms with Gasteiger partial charge in [-0.15, -0.1) is 0 Å². The molecule has 0 saturated heterocycles. The largest absolute Gasteiger partial charge is 0.370 e. The van der Waals surface area contributed by atoms with Crippen molar-refractivity contribution in [2.75, 3.05) is 6.54 Å². The molecule has 0 unspecified atom stereocenters. The minimum Gasteiger partial charge on any atom is -0.370 e. The molecule has 0 radical (unpaired) electrons. The molecule has 0 bridgehead atoms. The lowest BCUT2D eigenvalue weighted by Gasteiger charge is -2.34. The van der Waals surface area contributed by atoms with E-state index in [4.69, 9.17) is 0 Å². The summed E-state index contributed by atoms with van der Waals surface area (Å²) in [5, 5.41) is 0. The molecule has 0 spiro atoms. The second kappa shape index (κ2) is 5.95. The summed E-state index contributed by atoms with van der Waals surface area (Å²) in [5.74, 6) is 0.686. The van der Waals surface area contributed by atoms with Crippen LogP contribution in [-0.4, -0.2) is 17.7 Å². The first kappa shape index (κ1) is 14.7. The third-order valence-electron chi connectivity index (χ3n) is 5.22. The molecule has 1 aliphatic carbocycles. The summed E-state index contributed by atoms with van der Waals surface area (Å²) in [5.41, 5.74) is 6.22. The van der Waals surface area contributed by atoms with Gasteiger partial charge in [0.1, 0.15) is 5.82 Å². The zero-order valence-electron chi connectivity index (χ0n) is 13.7. The van der Waals surface area contributed by atoms with Crippen molar-refractivity contribution in [3.8, 4) is 0 Å². The third kappa shape index (κ3) is 2.85. The smallest absolute Gasteiger partial charge is 0.126 e. The van der Waals surface area contributed by atoms with Gasteiger partial charge in [-0.2, -0.15) is 0 Å². The van der Waals surface area contributed by atoms with Crippen molar-refractivity contribution < 1.29 is 4.39 Å². The number of hydrogen-bond donors (Lipinski definition) is 0. The van der Waals surface area contributed by atoms with Crippen LogP contribution in [0.2, 0.25) is 0 Å². The number of aliphatic imine (C=N–C) groups is 1. The van der Waals surface area contributed by atoms with Gasteiger partial charge in [-0.25, -0.2) is 4.39 Å². The highest BCUT2D eigenvalue weighted by atomic mass is 19.1. The Morgan fingerprint density at radius 3 is 2.91 bits per heavy atom. The number of hydrogen-bond acceptors (Lipinski definition) is 2. The predicted molar refractivity (Wildman–Crippen MR) is 91.9 cm³/mol. The van der Waals surface area contributed by atoms with E-state index in [0.717, 1.165) is 43.8 Å². The number of nitrogens with zero attached hydrogens (tertiary/aromatic N) is 2. The lowest BCUT2D eigenvalue weighted by atomic mass is 9.94. The zero-order valence-corrected chi connectivity index (χ0v) is 13.7. The molecule has 2 aliphatic heterocycles. The van der Waals surface area contributed by atoms with Gasteiger partial charge >= 0.3 is 0 Å². The normalized spacial score (nSPS) is 20.7. The van der Waals surface area contributed by atoms with E-state index in [1.54, 1.807) is 6.07 Å². The van der Waals surface area contributed by atoms with Gasteiger partial charge in [-0.05, 0) is 66.0 Å². The summed E-state index contributed by atoms with van der Waals surface area (Å²) >= 11 is 0. The van der Waals surface area contributed by atoms with Crippen LogP contribution in [-0.2, 0) is 19.4 Å². The molecule has 1 fully saturated rings. The van der Waals surface area contributed by atoms with E-state index in [1.807, 2.05) is 19.3 Å². The number of allylic oxidation sites excluding steroid dienone is 3. The monoisotopic (exact) mass is 310 g/mol. The molecule has 0 aromatic heterocycles. The molecule has 0 atom stereocenters. The highest BCUT2D eigenvalue weighted by molar-refractivity contribution is 5.64. The minimum atomic E-state index is -0.0397. The van der Waals surface area contributed by atoms with Gasteiger partial charge in [0.05, 0.1) is 0 Å². The van der Waals surface area contributed by atoms with Gasteiger partial charge in [-0.3, -0.25) is 4.99 Å². The fourth-order valence-electron chi connectivity index (χ4n) is 3.75. The number of rotatable bonds is 3. The second-order valence-corrected chi connectivity index (χ2v) is 6.77. The van der Waals surface area contributed by atoms with Crippen LogP contribution in [0.4, 0.5) is 4.39 Å². The fraction of sp³-hybridized carbons (Fsp3) is 0.450. The Kier molecular flexibility index (Phi) is 3.80. The standard InChI is InChI=1S/C20H23FN2/c1-2-14-11-17-13-23(10-7-16(17)12-19(14)21)20-6-9-22-8-5-18(20)15-3-4-15/h5,8-9,11-12,15H,2-4,6-7,10,13H2,1H3. The van der Waals surface area contributed by atoms with Gasteiger partial charge in [0, 0.05) is 37.6 Å². The van der Waals surface area contributed by atoms with Crippen LogP contribution < -0.4 is 0 Å². The Balaban J connectivity index is 1.66. The lowest BCUT2D eigenvalue weighted by Crippen LogP contribution is -2.31. The van der Waals surface area contributed by atoms with Crippen LogP contribution in [0.5, 0.6) is 0 Å². The Labute approximate surface area is 137 Å². The summed E-state index contributed by atoms with van der Waals surface area (Å²) in [7, 11) is 0. The highest BCUT2D eigenvalue weighted by Gasteiger charge is 2.30. The summed E-state index contributed by atoms with van der Waals surface area (Å²) in [4.78, 5) is 6.83. The quantitative estimate of drug-likeness (QED) is 0.808. The third-order valence-corrected chi connectivity index (χ3v) is 5.22. The highest BCUT2D eigenvalue weighted by Crippen LogP contribution is 2.41. The van der Waals surface area contributed by atoms with Gasteiger partial charge in [0.2, 0.25) is 0 Å². The molecule has 1 aromatic carbocycles. The van der Waals surface area contributed by atoms with Crippen molar-refractivity contribution in [2.24, 2.45) is 10.9 Å². The van der Waals surface area contributed by atoms with Crippen LogP contribution in [0.15, 0.2) is 40.7 Å². The average Bonchev–Trinajstić information content (AvgIpc) is 3.39. The van der Waals surface area contributed by atoms with Gasteiger partial charge in [-0.1, -0.05) is 13.0 Å². The predicted octanol–water partition coefficient (Wildman–Crippen LogP) is 4.40. The Morgan fingerprint density at radius 1 is 1.26 bits per heavy atom. The SMILES string of the molecule is CCc1cc2c(cc1F)CCN(C1=C(C3CC3)C=CN=CC1)C2. The van der Waals surface area contributed by atoms with E-state index in [9.17, 15) is 4.39 Å². The van der Waals surface area contributed by atoms with Crippen LogP contribution in [0.3, 0.4) is 0 Å². The number of benzene rings is 1. The van der Waals surface area contributed by atoms with Crippen molar-refractivity contribution in [2.45, 2.75) is 45.6 Å². The average molecular weight is 310 g/mol. The van der Waals surface area contributed by atoms with E-state index in [2.05, 4.69) is 22.0 Å². The maximum absolute atomic E-state index is 14.0. The summed E-state index contributed by atoms with van der Waals surface area (Å²) in [6.07, 6.45) is 11.4. The van der Waals surface area contributed by atoms with Crippen LogP contribution in [0, 0.1) is 11.7 Å². The molecule has 23 heavy (non-hydrogen) atoms. The molecule has 0 amide bonds. The zero-order chi connectivity index (χ0) is 15.8. The summed E-state index contributed by atoms with van der Waals surface area (Å²) < 4.78 is 14.0. The Hall–Kier alpha value is -1.90. The topological polar surface area (TPSA) is 15.6 Å². The maximum Gasteiger partial charge on any atom is 0.126 e. The van der Waals surface area contributed by atoms with E-state index in [-0.39, 0.29) is 5.82 Å². The lowest BCUT2D eigenvalue weighted by molar-refractivity contribution is 0.314. The first-order valence-corrected chi connectivity index (χ1v) is 8.72. The van der Waals surface area contributed by atoms with E-state index >= 15 is 0 Å². The molecule has 3 heteroatoms. The molecule has 2 heterocycles. The van der Waals surface area contributed by atoms with E-state index in [1.165, 1.54) is 35.2 Å². The Morgan fingerprint density at radius 2 is 2.13 bits per heavy atom. The fourth-order valence-corrected chi connectivity index (χ4v) is 3.75. The molecule has 4 rings (SSSR count). The van der Waals surface area contributed by atoms with Crippen LogP contribution in [0.25, 0.3) is 0 Å². The molecule has 3 aliphatic rings. The van der Waals surface area contributed by atoms with Crippen LogP contribution >= 0.6 is 0 Å².